The number of hydrogen-bond acceptors (Lipinski definition) is 5. The Morgan fingerprint density at radius 2 is 1.88 bits per heavy atom. The fourth-order valence-electron chi connectivity index (χ4n) is 3.38. The van der Waals surface area contributed by atoms with Gasteiger partial charge in [-0.1, -0.05) is 42.6 Å². The molecule has 1 aromatic rings. The van der Waals surface area contributed by atoms with Gasteiger partial charge in [0, 0.05) is 24.0 Å². The zero-order valence-electron chi connectivity index (χ0n) is 14.3. The number of aliphatic imine (C=N–C) groups is 1. The van der Waals surface area contributed by atoms with Crippen molar-refractivity contribution in [2.24, 2.45) is 4.99 Å². The van der Waals surface area contributed by atoms with Crippen LogP contribution < -0.4 is 4.90 Å². The van der Waals surface area contributed by atoms with Crippen molar-refractivity contribution < 1.29 is 4.79 Å². The van der Waals surface area contributed by atoms with Crippen LogP contribution in [0.25, 0.3) is 0 Å². The van der Waals surface area contributed by atoms with Crippen molar-refractivity contribution >= 4 is 51.9 Å². The van der Waals surface area contributed by atoms with Crippen LogP contribution >= 0.6 is 35.1 Å². The minimum absolute atomic E-state index is 0.0350. The highest BCUT2D eigenvalue weighted by Crippen LogP contribution is 2.50. The minimum Gasteiger partial charge on any atom is -0.337 e. The summed E-state index contributed by atoms with van der Waals surface area (Å²) in [6, 6.07) is 6.21. The number of fused-ring (bicyclic) bond motifs is 1. The summed E-state index contributed by atoms with van der Waals surface area (Å²) in [5, 5.41) is 2.51. The number of amides is 1. The van der Waals surface area contributed by atoms with Gasteiger partial charge in [-0.05, 0) is 42.8 Å². The average Bonchev–Trinajstić information content (AvgIpc) is 3.08. The van der Waals surface area contributed by atoms with Gasteiger partial charge in [0.05, 0.1) is 16.8 Å². The number of hydrogen-bond donors (Lipinski definition) is 0. The zero-order valence-corrected chi connectivity index (χ0v) is 16.7. The Balaban J connectivity index is 1.64. The molecule has 2 heterocycles. The lowest BCUT2D eigenvalue weighted by atomic mass is 9.96. The summed E-state index contributed by atoms with van der Waals surface area (Å²) < 4.78 is 0. The Kier molecular flexibility index (Phi) is 4.77. The summed E-state index contributed by atoms with van der Waals surface area (Å²) in [5.41, 5.74) is 1.05. The molecule has 0 N–H and O–H groups in total. The summed E-state index contributed by atoms with van der Waals surface area (Å²) in [6.45, 7) is 0. The van der Waals surface area contributed by atoms with E-state index in [1.54, 1.807) is 16.7 Å². The fraction of sp³-hybridized carbons (Fsp3) is 0.444. The first-order valence-corrected chi connectivity index (χ1v) is 10.5. The van der Waals surface area contributed by atoms with E-state index in [4.69, 9.17) is 16.6 Å². The SMILES string of the molecule is CN1C(=O)/C(=C2/Sc3ccc(Cl)cc3N2C)SC1=NC1CCCCC1. The van der Waals surface area contributed by atoms with Crippen molar-refractivity contribution in [3.63, 3.8) is 0 Å². The van der Waals surface area contributed by atoms with E-state index in [1.807, 2.05) is 32.3 Å². The van der Waals surface area contributed by atoms with E-state index in [2.05, 4.69) is 4.90 Å². The highest BCUT2D eigenvalue weighted by atomic mass is 35.5. The molecule has 132 valence electrons. The van der Waals surface area contributed by atoms with Gasteiger partial charge in [0.1, 0.15) is 4.91 Å². The van der Waals surface area contributed by atoms with Crippen LogP contribution in [0.2, 0.25) is 5.02 Å². The Bertz CT molecular complexity index is 787. The molecule has 0 bridgehead atoms. The third-order valence-electron chi connectivity index (χ3n) is 4.83. The lowest BCUT2D eigenvalue weighted by Crippen LogP contribution is -2.26. The lowest BCUT2D eigenvalue weighted by molar-refractivity contribution is -0.121. The molecule has 1 amide bonds. The Morgan fingerprint density at radius 1 is 1.12 bits per heavy atom. The van der Waals surface area contributed by atoms with Crippen LogP contribution in [0.5, 0.6) is 0 Å². The third-order valence-corrected chi connectivity index (χ3v) is 7.57. The molecule has 0 atom stereocenters. The van der Waals surface area contributed by atoms with E-state index in [0.717, 1.165) is 38.5 Å². The highest BCUT2D eigenvalue weighted by molar-refractivity contribution is 8.19. The molecule has 4 rings (SSSR count). The van der Waals surface area contributed by atoms with Crippen molar-refractivity contribution in [3.05, 3.63) is 33.2 Å². The lowest BCUT2D eigenvalue weighted by Gasteiger charge is -2.19. The van der Waals surface area contributed by atoms with E-state index in [-0.39, 0.29) is 5.91 Å². The van der Waals surface area contributed by atoms with Gasteiger partial charge in [0.2, 0.25) is 0 Å². The summed E-state index contributed by atoms with van der Waals surface area (Å²) >= 11 is 9.26. The van der Waals surface area contributed by atoms with Crippen molar-refractivity contribution in [2.45, 2.75) is 43.0 Å². The number of anilines is 1. The standard InChI is InChI=1S/C18H20ClN3OS2/c1-21-13-10-11(19)8-9-14(13)24-17(21)15-16(23)22(2)18(25-15)20-12-6-4-3-5-7-12/h8-10,12H,3-7H2,1-2H3/b17-15-,20-18?. The normalized spacial score (nSPS) is 26.0. The van der Waals surface area contributed by atoms with E-state index in [0.29, 0.717) is 11.1 Å². The van der Waals surface area contributed by atoms with Crippen LogP contribution in [0.1, 0.15) is 32.1 Å². The highest BCUT2D eigenvalue weighted by Gasteiger charge is 2.37. The topological polar surface area (TPSA) is 35.9 Å². The van der Waals surface area contributed by atoms with Gasteiger partial charge in [0.25, 0.3) is 5.91 Å². The van der Waals surface area contributed by atoms with Crippen LogP contribution in [0, 0.1) is 0 Å². The second-order valence-electron chi connectivity index (χ2n) is 6.58. The van der Waals surface area contributed by atoms with Gasteiger partial charge in [-0.3, -0.25) is 14.7 Å². The average molecular weight is 394 g/mol. The number of rotatable bonds is 1. The van der Waals surface area contributed by atoms with Crippen molar-refractivity contribution in [2.75, 3.05) is 19.0 Å². The third kappa shape index (κ3) is 3.20. The van der Waals surface area contributed by atoms with Gasteiger partial charge in [-0.25, -0.2) is 0 Å². The molecule has 4 nitrogen and oxygen atoms in total. The maximum atomic E-state index is 12.8. The molecule has 0 spiro atoms. The van der Waals surface area contributed by atoms with Gasteiger partial charge in [0.15, 0.2) is 5.17 Å². The van der Waals surface area contributed by atoms with Crippen LogP contribution in [-0.2, 0) is 4.79 Å². The number of thioether (sulfide) groups is 2. The Morgan fingerprint density at radius 3 is 2.64 bits per heavy atom. The predicted molar refractivity (Wildman–Crippen MR) is 107 cm³/mol. The molecule has 1 saturated carbocycles. The first-order valence-electron chi connectivity index (χ1n) is 8.53. The van der Waals surface area contributed by atoms with Crippen molar-refractivity contribution in [1.82, 2.24) is 4.90 Å². The maximum Gasteiger partial charge on any atom is 0.269 e. The summed E-state index contributed by atoms with van der Waals surface area (Å²) in [7, 11) is 3.82. The predicted octanol–water partition coefficient (Wildman–Crippen LogP) is 4.94. The Hall–Kier alpha value is -1.11. The second kappa shape index (κ2) is 6.89. The van der Waals surface area contributed by atoms with Crippen LogP contribution in [0.15, 0.2) is 38.0 Å². The Labute approximate surface area is 161 Å². The number of carbonyl (C=O) groups is 1. The monoisotopic (exact) mass is 393 g/mol. The van der Waals surface area contributed by atoms with Gasteiger partial charge >= 0.3 is 0 Å². The molecule has 1 aliphatic carbocycles. The number of halogens is 1. The molecule has 1 aromatic carbocycles. The van der Waals surface area contributed by atoms with E-state index in [9.17, 15) is 4.79 Å². The number of likely N-dealkylation sites (N-methyl/N-ethyl adjacent to an activating group) is 1. The van der Waals surface area contributed by atoms with E-state index in [1.165, 1.54) is 31.0 Å². The van der Waals surface area contributed by atoms with Crippen LogP contribution in [0.3, 0.4) is 0 Å². The van der Waals surface area contributed by atoms with Crippen molar-refractivity contribution in [3.8, 4) is 0 Å². The van der Waals surface area contributed by atoms with E-state index < -0.39 is 0 Å². The fourth-order valence-corrected chi connectivity index (χ4v) is 5.91. The summed E-state index contributed by atoms with van der Waals surface area (Å²) in [5.74, 6) is 0.0350. The molecule has 0 unspecified atom stereocenters. The molecule has 2 aliphatic heterocycles. The quantitative estimate of drug-likeness (QED) is 0.633. The van der Waals surface area contributed by atoms with Gasteiger partial charge in [-0.15, -0.1) is 0 Å². The molecule has 0 aromatic heterocycles. The largest absolute Gasteiger partial charge is 0.337 e. The molecule has 3 aliphatic rings. The van der Waals surface area contributed by atoms with E-state index >= 15 is 0 Å². The number of nitrogens with zero attached hydrogens (tertiary/aromatic N) is 3. The molecule has 25 heavy (non-hydrogen) atoms. The second-order valence-corrected chi connectivity index (χ2v) is 9.02. The molecule has 1 saturated heterocycles. The number of benzene rings is 1. The minimum atomic E-state index is 0.0350. The maximum absolute atomic E-state index is 12.8. The van der Waals surface area contributed by atoms with Crippen LogP contribution in [0.4, 0.5) is 5.69 Å². The van der Waals surface area contributed by atoms with Gasteiger partial charge in [-0.2, -0.15) is 0 Å². The molecular weight excluding hydrogens is 374 g/mol. The molecule has 0 radical (unpaired) electrons. The van der Waals surface area contributed by atoms with Crippen molar-refractivity contribution in [1.29, 1.82) is 0 Å². The number of carbonyl (C=O) groups excluding carboxylic acids is 1. The first-order chi connectivity index (χ1) is 12.0. The smallest absolute Gasteiger partial charge is 0.269 e. The number of amidine groups is 1. The van der Waals surface area contributed by atoms with Gasteiger partial charge < -0.3 is 4.90 Å². The van der Waals surface area contributed by atoms with Crippen LogP contribution in [-0.4, -0.2) is 36.1 Å². The summed E-state index contributed by atoms with van der Waals surface area (Å²) in [4.78, 5) is 23.3. The zero-order chi connectivity index (χ0) is 17.6. The molecule has 7 heteroatoms. The summed E-state index contributed by atoms with van der Waals surface area (Å²) in [6.07, 6.45) is 6.06. The molecular formula is C18H20ClN3OS2. The first kappa shape index (κ1) is 17.3. The molecule has 2 fully saturated rings.